The molecule has 1 aromatic carbocycles. The number of guanidine groups is 1. The highest BCUT2D eigenvalue weighted by atomic mass is 35.5. The molecule has 0 unspecified atom stereocenters. The van der Waals surface area contributed by atoms with Gasteiger partial charge in [-0.15, -0.1) is 0 Å². The number of nitrogens with one attached hydrogen (secondary N) is 1. The van der Waals surface area contributed by atoms with Gasteiger partial charge in [-0.1, -0.05) is 30.5 Å². The van der Waals surface area contributed by atoms with E-state index in [9.17, 15) is 0 Å². The summed E-state index contributed by atoms with van der Waals surface area (Å²) in [7, 11) is 1.62. The fourth-order valence-corrected chi connectivity index (χ4v) is 2.60. The maximum atomic E-state index is 6.15. The number of hydrogen-bond donors (Lipinski definition) is 2. The van der Waals surface area contributed by atoms with E-state index in [2.05, 4.69) is 10.3 Å². The minimum absolute atomic E-state index is 0.425. The first kappa shape index (κ1) is 14.0. The molecular weight excluding hydrogens is 262 g/mol. The Kier molecular flexibility index (Phi) is 4.91. The van der Waals surface area contributed by atoms with Gasteiger partial charge in [-0.3, -0.25) is 0 Å². The number of methoxy groups -OCH3 is 1. The third kappa shape index (κ3) is 3.77. The van der Waals surface area contributed by atoms with Crippen molar-refractivity contribution in [3.05, 3.63) is 28.8 Å². The second-order valence-electron chi connectivity index (χ2n) is 4.75. The zero-order valence-corrected chi connectivity index (χ0v) is 11.9. The maximum absolute atomic E-state index is 6.15. The molecule has 1 aliphatic rings. The molecule has 104 valence electrons. The number of ether oxygens (including phenoxy) is 1. The Morgan fingerprint density at radius 3 is 2.89 bits per heavy atom. The number of rotatable bonds is 4. The molecule has 3 N–H and O–H groups in total. The van der Waals surface area contributed by atoms with E-state index in [0.29, 0.717) is 23.6 Å². The molecule has 4 nitrogen and oxygen atoms in total. The van der Waals surface area contributed by atoms with E-state index in [1.807, 2.05) is 18.2 Å². The molecule has 1 aromatic rings. The van der Waals surface area contributed by atoms with E-state index in [-0.39, 0.29) is 0 Å². The summed E-state index contributed by atoms with van der Waals surface area (Å²) >= 11 is 6.15. The Bertz CT molecular complexity index is 456. The van der Waals surface area contributed by atoms with Gasteiger partial charge in [0.1, 0.15) is 5.75 Å². The van der Waals surface area contributed by atoms with Crippen molar-refractivity contribution in [3.63, 3.8) is 0 Å². The molecule has 1 aliphatic carbocycles. The summed E-state index contributed by atoms with van der Waals surface area (Å²) in [6, 6.07) is 6.03. The predicted octanol–water partition coefficient (Wildman–Crippen LogP) is 2.70. The average molecular weight is 282 g/mol. The fraction of sp³-hybridized carbons (Fsp3) is 0.500. The number of hydrogen-bond acceptors (Lipinski definition) is 2. The second kappa shape index (κ2) is 6.66. The van der Waals surface area contributed by atoms with Gasteiger partial charge in [0.2, 0.25) is 0 Å². The molecule has 0 heterocycles. The zero-order chi connectivity index (χ0) is 13.7. The average Bonchev–Trinajstić information content (AvgIpc) is 2.89. The summed E-state index contributed by atoms with van der Waals surface area (Å²) in [5.74, 6) is 1.22. The van der Waals surface area contributed by atoms with Crippen molar-refractivity contribution in [1.29, 1.82) is 0 Å². The van der Waals surface area contributed by atoms with Gasteiger partial charge in [-0.05, 0) is 25.0 Å². The van der Waals surface area contributed by atoms with Crippen molar-refractivity contribution in [2.45, 2.75) is 38.3 Å². The largest absolute Gasteiger partial charge is 0.496 e. The standard InChI is InChI=1S/C14H20ClN3O/c1-19-13-8-4-7-12(15)11(13)9-17-14(16)18-10-5-2-3-6-10/h4,7-8,10H,2-3,5-6,9H2,1H3,(H3,16,17,18). The van der Waals surface area contributed by atoms with Gasteiger partial charge < -0.3 is 15.8 Å². The van der Waals surface area contributed by atoms with E-state index in [4.69, 9.17) is 22.1 Å². The third-order valence-electron chi connectivity index (χ3n) is 3.41. The van der Waals surface area contributed by atoms with E-state index in [1.54, 1.807) is 7.11 Å². The summed E-state index contributed by atoms with van der Waals surface area (Å²) in [6.45, 7) is 0.425. The van der Waals surface area contributed by atoms with Crippen LogP contribution >= 0.6 is 11.6 Å². The summed E-state index contributed by atoms with van der Waals surface area (Å²) in [6.07, 6.45) is 4.88. The van der Waals surface area contributed by atoms with Gasteiger partial charge in [-0.2, -0.15) is 0 Å². The topological polar surface area (TPSA) is 59.6 Å². The Balaban J connectivity index is 2.00. The van der Waals surface area contributed by atoms with Crippen LogP contribution in [0.3, 0.4) is 0 Å². The summed E-state index contributed by atoms with van der Waals surface area (Å²) in [5, 5.41) is 3.90. The summed E-state index contributed by atoms with van der Waals surface area (Å²) in [4.78, 5) is 4.35. The van der Waals surface area contributed by atoms with Crippen LogP contribution in [0, 0.1) is 0 Å². The second-order valence-corrected chi connectivity index (χ2v) is 5.16. The molecular formula is C14H20ClN3O. The Labute approximate surface area is 119 Å². The first-order valence-electron chi connectivity index (χ1n) is 6.58. The highest BCUT2D eigenvalue weighted by Crippen LogP contribution is 2.26. The Morgan fingerprint density at radius 1 is 1.47 bits per heavy atom. The third-order valence-corrected chi connectivity index (χ3v) is 3.76. The van der Waals surface area contributed by atoms with Crippen LogP contribution in [0.15, 0.2) is 23.2 Å². The minimum atomic E-state index is 0.425. The van der Waals surface area contributed by atoms with Crippen molar-refractivity contribution < 1.29 is 4.74 Å². The monoisotopic (exact) mass is 281 g/mol. The molecule has 0 spiro atoms. The van der Waals surface area contributed by atoms with Crippen LogP contribution in [0.5, 0.6) is 5.75 Å². The number of benzene rings is 1. The Morgan fingerprint density at radius 2 is 2.21 bits per heavy atom. The molecule has 19 heavy (non-hydrogen) atoms. The molecule has 5 heteroatoms. The minimum Gasteiger partial charge on any atom is -0.496 e. The van der Waals surface area contributed by atoms with Crippen molar-refractivity contribution in [1.82, 2.24) is 5.32 Å². The number of halogens is 1. The highest BCUT2D eigenvalue weighted by molar-refractivity contribution is 6.31. The van der Waals surface area contributed by atoms with Crippen molar-refractivity contribution in [2.75, 3.05) is 7.11 Å². The van der Waals surface area contributed by atoms with Crippen LogP contribution < -0.4 is 15.8 Å². The van der Waals surface area contributed by atoms with Crippen molar-refractivity contribution in [3.8, 4) is 5.75 Å². The van der Waals surface area contributed by atoms with Crippen LogP contribution in [0.25, 0.3) is 0 Å². The molecule has 1 saturated carbocycles. The molecule has 0 atom stereocenters. The van der Waals surface area contributed by atoms with Crippen LogP contribution in [-0.2, 0) is 6.54 Å². The first-order valence-corrected chi connectivity index (χ1v) is 6.96. The van der Waals surface area contributed by atoms with Gasteiger partial charge in [0.15, 0.2) is 5.96 Å². The van der Waals surface area contributed by atoms with E-state index < -0.39 is 0 Å². The number of nitrogens with two attached hydrogens (primary N) is 1. The smallest absolute Gasteiger partial charge is 0.189 e. The molecule has 0 saturated heterocycles. The van der Waals surface area contributed by atoms with Crippen molar-refractivity contribution in [2.24, 2.45) is 10.7 Å². The highest BCUT2D eigenvalue weighted by Gasteiger charge is 2.15. The van der Waals surface area contributed by atoms with Crippen LogP contribution in [0.1, 0.15) is 31.2 Å². The first-order chi connectivity index (χ1) is 9.20. The van der Waals surface area contributed by atoms with E-state index in [1.165, 1.54) is 25.7 Å². The number of aliphatic imine (C=N–C) groups is 1. The van der Waals surface area contributed by atoms with Crippen LogP contribution in [0.4, 0.5) is 0 Å². The van der Waals surface area contributed by atoms with Crippen LogP contribution in [0.2, 0.25) is 5.02 Å². The molecule has 0 bridgehead atoms. The molecule has 0 radical (unpaired) electrons. The normalized spacial score (nSPS) is 16.6. The lowest BCUT2D eigenvalue weighted by atomic mass is 10.2. The maximum Gasteiger partial charge on any atom is 0.189 e. The van der Waals surface area contributed by atoms with Crippen LogP contribution in [-0.4, -0.2) is 19.1 Å². The molecule has 2 rings (SSSR count). The molecule has 0 aromatic heterocycles. The van der Waals surface area contributed by atoms with Gasteiger partial charge in [-0.25, -0.2) is 4.99 Å². The molecule has 0 aliphatic heterocycles. The SMILES string of the molecule is COc1cccc(Cl)c1CN=C(N)NC1CCCC1. The van der Waals surface area contributed by atoms with Gasteiger partial charge in [0, 0.05) is 16.6 Å². The quantitative estimate of drug-likeness (QED) is 0.659. The fourth-order valence-electron chi connectivity index (χ4n) is 2.37. The lowest BCUT2D eigenvalue weighted by Crippen LogP contribution is -2.38. The predicted molar refractivity (Wildman–Crippen MR) is 78.7 cm³/mol. The lowest BCUT2D eigenvalue weighted by molar-refractivity contribution is 0.410. The zero-order valence-electron chi connectivity index (χ0n) is 11.2. The van der Waals surface area contributed by atoms with E-state index in [0.717, 1.165) is 11.3 Å². The lowest BCUT2D eigenvalue weighted by Gasteiger charge is -2.13. The van der Waals surface area contributed by atoms with Gasteiger partial charge in [0.25, 0.3) is 0 Å². The number of nitrogens with zero attached hydrogens (tertiary/aromatic N) is 1. The summed E-state index contributed by atoms with van der Waals surface area (Å²) < 4.78 is 5.28. The van der Waals surface area contributed by atoms with E-state index >= 15 is 0 Å². The Hall–Kier alpha value is -1.42. The van der Waals surface area contributed by atoms with Crippen molar-refractivity contribution >= 4 is 17.6 Å². The van der Waals surface area contributed by atoms with Gasteiger partial charge in [0.05, 0.1) is 13.7 Å². The molecule has 0 amide bonds. The molecule has 1 fully saturated rings. The van der Waals surface area contributed by atoms with Gasteiger partial charge >= 0.3 is 0 Å². The summed E-state index contributed by atoms with van der Waals surface area (Å²) in [5.41, 5.74) is 6.76.